The lowest BCUT2D eigenvalue weighted by atomic mass is 9.96. The zero-order valence-corrected chi connectivity index (χ0v) is 9.36. The number of ketones is 1. The van der Waals surface area contributed by atoms with Gasteiger partial charge in [0.05, 0.1) is 0 Å². The summed E-state index contributed by atoms with van der Waals surface area (Å²) in [5.74, 6) is 0.170. The smallest absolute Gasteiger partial charge is 0.181 e. The van der Waals surface area contributed by atoms with Gasteiger partial charge in [-0.2, -0.15) is 0 Å². The molecule has 0 fully saturated rings. The largest absolute Gasteiger partial charge is 0.290 e. The van der Waals surface area contributed by atoms with E-state index >= 15 is 0 Å². The van der Waals surface area contributed by atoms with Gasteiger partial charge >= 0.3 is 0 Å². The Labute approximate surface area is 96.5 Å². The van der Waals surface area contributed by atoms with E-state index < -0.39 is 0 Å². The van der Waals surface area contributed by atoms with Crippen molar-refractivity contribution in [2.75, 3.05) is 0 Å². The second kappa shape index (κ2) is 5.45. The molecular weight excluding hydrogens is 196 g/mol. The van der Waals surface area contributed by atoms with Gasteiger partial charge in [-0.15, -0.1) is 0 Å². The molecule has 1 nitrogen and oxygen atoms in total. The molecule has 0 unspecified atom stereocenters. The van der Waals surface area contributed by atoms with Crippen LogP contribution in [0.2, 0.25) is 0 Å². The summed E-state index contributed by atoms with van der Waals surface area (Å²) in [6, 6.07) is 9.93. The Hall–Kier alpha value is -1.63. The summed E-state index contributed by atoms with van der Waals surface area (Å²) in [6.45, 7) is 0. The van der Waals surface area contributed by atoms with Gasteiger partial charge in [-0.25, -0.2) is 0 Å². The van der Waals surface area contributed by atoms with Crippen molar-refractivity contribution in [3.63, 3.8) is 0 Å². The van der Waals surface area contributed by atoms with E-state index in [2.05, 4.69) is 6.08 Å². The fourth-order valence-corrected chi connectivity index (χ4v) is 1.91. The predicted molar refractivity (Wildman–Crippen MR) is 67.0 cm³/mol. The maximum atomic E-state index is 11.8. The Balaban J connectivity index is 2.02. The highest BCUT2D eigenvalue weighted by Gasteiger charge is 2.08. The van der Waals surface area contributed by atoms with Crippen LogP contribution in [-0.2, 0) is 4.79 Å². The quantitative estimate of drug-likeness (QED) is 0.697. The van der Waals surface area contributed by atoms with E-state index in [1.165, 1.54) is 6.42 Å². The molecule has 0 atom stereocenters. The average Bonchev–Trinajstić information content (AvgIpc) is 2.38. The highest BCUT2D eigenvalue weighted by Crippen LogP contribution is 2.18. The minimum atomic E-state index is 0.170. The summed E-state index contributed by atoms with van der Waals surface area (Å²) in [7, 11) is 0. The molecule has 0 heterocycles. The molecule has 0 N–H and O–H groups in total. The number of allylic oxidation sites excluding steroid dienone is 3. The first kappa shape index (κ1) is 10.9. The first-order valence-corrected chi connectivity index (χ1v) is 5.83. The molecule has 1 aromatic carbocycles. The summed E-state index contributed by atoms with van der Waals surface area (Å²) < 4.78 is 0. The molecule has 0 saturated heterocycles. The molecule has 1 aromatic rings. The molecule has 0 aromatic heterocycles. The van der Waals surface area contributed by atoms with Gasteiger partial charge in [0.15, 0.2) is 5.78 Å². The molecule has 82 valence electrons. The minimum Gasteiger partial charge on any atom is -0.290 e. The summed E-state index contributed by atoms with van der Waals surface area (Å²) in [6.07, 6.45) is 10.0. The first-order chi connectivity index (χ1) is 7.86. The van der Waals surface area contributed by atoms with Gasteiger partial charge in [-0.1, -0.05) is 42.5 Å². The third-order valence-corrected chi connectivity index (χ3v) is 2.83. The third-order valence-electron chi connectivity index (χ3n) is 2.83. The molecule has 2 rings (SSSR count). The predicted octanol–water partition coefficient (Wildman–Crippen LogP) is 3.77. The van der Waals surface area contributed by atoms with E-state index in [-0.39, 0.29) is 5.78 Å². The molecule has 0 radical (unpaired) electrons. The van der Waals surface area contributed by atoms with Crippen molar-refractivity contribution in [1.82, 2.24) is 0 Å². The molecule has 16 heavy (non-hydrogen) atoms. The van der Waals surface area contributed by atoms with Crippen LogP contribution in [-0.4, -0.2) is 5.78 Å². The Morgan fingerprint density at radius 1 is 1.12 bits per heavy atom. The number of carbonyl (C=O) groups is 1. The number of hydrogen-bond donors (Lipinski definition) is 0. The summed E-state index contributed by atoms with van der Waals surface area (Å²) in [4.78, 5) is 11.8. The third kappa shape index (κ3) is 2.93. The van der Waals surface area contributed by atoms with Gasteiger partial charge in [0.1, 0.15) is 0 Å². The normalized spacial score (nSPS) is 16.1. The van der Waals surface area contributed by atoms with Crippen molar-refractivity contribution in [2.24, 2.45) is 0 Å². The molecular formula is C15H16O. The van der Waals surface area contributed by atoms with Crippen molar-refractivity contribution >= 4 is 11.9 Å². The zero-order chi connectivity index (χ0) is 11.2. The van der Waals surface area contributed by atoms with E-state index in [9.17, 15) is 4.79 Å². The second-order valence-corrected chi connectivity index (χ2v) is 4.08. The van der Waals surface area contributed by atoms with Gasteiger partial charge in [0.25, 0.3) is 0 Å². The van der Waals surface area contributed by atoms with Gasteiger partial charge in [0, 0.05) is 0 Å². The summed E-state index contributed by atoms with van der Waals surface area (Å²) in [5.41, 5.74) is 2.06. The fourth-order valence-electron chi connectivity index (χ4n) is 1.91. The summed E-state index contributed by atoms with van der Waals surface area (Å²) >= 11 is 0. The van der Waals surface area contributed by atoms with Crippen LogP contribution in [0.25, 0.3) is 6.08 Å². The second-order valence-electron chi connectivity index (χ2n) is 4.08. The molecule has 0 aliphatic heterocycles. The summed E-state index contributed by atoms with van der Waals surface area (Å²) in [5, 5.41) is 0. The van der Waals surface area contributed by atoms with Crippen LogP contribution >= 0.6 is 0 Å². The van der Waals surface area contributed by atoms with Gasteiger partial charge in [-0.05, 0) is 42.9 Å². The van der Waals surface area contributed by atoms with E-state index in [0.717, 1.165) is 30.4 Å². The van der Waals surface area contributed by atoms with Crippen LogP contribution in [0.1, 0.15) is 31.2 Å². The molecule has 0 spiro atoms. The van der Waals surface area contributed by atoms with Crippen LogP contribution in [0.5, 0.6) is 0 Å². The molecule has 0 bridgehead atoms. The number of rotatable bonds is 3. The number of hydrogen-bond acceptors (Lipinski definition) is 1. The van der Waals surface area contributed by atoms with E-state index in [1.54, 1.807) is 6.08 Å². The number of carbonyl (C=O) groups excluding carboxylic acids is 1. The molecule has 0 saturated carbocycles. The van der Waals surface area contributed by atoms with Gasteiger partial charge in [0.2, 0.25) is 0 Å². The first-order valence-electron chi connectivity index (χ1n) is 5.83. The standard InChI is InChI=1S/C15H16O/c16-15(14-9-5-2-6-10-14)12-11-13-7-3-1-4-8-13/h1,3-4,7-9,11-12H,2,5-6,10H2/b12-11+. The maximum Gasteiger partial charge on any atom is 0.181 e. The van der Waals surface area contributed by atoms with Crippen molar-refractivity contribution in [3.05, 3.63) is 53.6 Å². The zero-order valence-electron chi connectivity index (χ0n) is 9.36. The molecule has 1 heteroatoms. The van der Waals surface area contributed by atoms with Crippen LogP contribution < -0.4 is 0 Å². The van der Waals surface area contributed by atoms with Crippen molar-refractivity contribution < 1.29 is 4.79 Å². The van der Waals surface area contributed by atoms with Gasteiger partial charge in [-0.3, -0.25) is 4.79 Å². The lowest BCUT2D eigenvalue weighted by molar-refractivity contribution is -0.111. The van der Waals surface area contributed by atoms with Crippen LogP contribution in [0.3, 0.4) is 0 Å². The maximum absolute atomic E-state index is 11.8. The Morgan fingerprint density at radius 3 is 2.62 bits per heavy atom. The highest BCUT2D eigenvalue weighted by atomic mass is 16.1. The minimum absolute atomic E-state index is 0.170. The molecule has 1 aliphatic rings. The fraction of sp³-hybridized carbons (Fsp3) is 0.267. The van der Waals surface area contributed by atoms with Crippen LogP contribution in [0, 0.1) is 0 Å². The van der Waals surface area contributed by atoms with Crippen molar-refractivity contribution in [2.45, 2.75) is 25.7 Å². The highest BCUT2D eigenvalue weighted by molar-refractivity contribution is 6.06. The Morgan fingerprint density at radius 2 is 1.94 bits per heavy atom. The monoisotopic (exact) mass is 212 g/mol. The van der Waals surface area contributed by atoms with E-state index in [4.69, 9.17) is 0 Å². The average molecular weight is 212 g/mol. The van der Waals surface area contributed by atoms with Crippen LogP contribution in [0.15, 0.2) is 48.1 Å². The van der Waals surface area contributed by atoms with Gasteiger partial charge < -0.3 is 0 Å². The van der Waals surface area contributed by atoms with Crippen LogP contribution in [0.4, 0.5) is 0 Å². The SMILES string of the molecule is O=C(/C=C/c1ccccc1)C1=CCCCC1. The topological polar surface area (TPSA) is 17.1 Å². The van der Waals surface area contributed by atoms with E-state index in [1.807, 2.05) is 36.4 Å². The Kier molecular flexibility index (Phi) is 3.71. The van der Waals surface area contributed by atoms with E-state index in [0.29, 0.717) is 0 Å². The van der Waals surface area contributed by atoms with Crippen molar-refractivity contribution in [1.29, 1.82) is 0 Å². The molecule has 0 amide bonds. The molecule has 1 aliphatic carbocycles. The number of benzene rings is 1. The lowest BCUT2D eigenvalue weighted by Crippen LogP contribution is -2.02. The Bertz CT molecular complexity index is 412. The lowest BCUT2D eigenvalue weighted by Gasteiger charge is -2.08. The van der Waals surface area contributed by atoms with Crippen molar-refractivity contribution in [3.8, 4) is 0 Å².